The van der Waals surface area contributed by atoms with Gasteiger partial charge in [-0.2, -0.15) is 0 Å². The molecule has 3 aromatic rings. The maximum atomic E-state index is 11.8. The number of benzene rings is 1. The monoisotopic (exact) mass is 420 g/mol. The molecule has 130 valence electrons. The number of H-pyrrole nitrogens is 1. The Morgan fingerprint density at radius 1 is 1.16 bits per heavy atom. The quantitative estimate of drug-likeness (QED) is 0.513. The minimum atomic E-state index is -0.242. The molecular formula is C17H17BrN4O2S. The Hall–Kier alpha value is -2.19. The van der Waals surface area contributed by atoms with Gasteiger partial charge in [-0.25, -0.2) is 4.98 Å². The molecule has 2 heterocycles. The van der Waals surface area contributed by atoms with Crippen LogP contribution in [-0.4, -0.2) is 34.9 Å². The number of aromatic nitrogens is 2. The second-order valence-corrected chi connectivity index (χ2v) is 7.90. The number of carbonyl (C=O) groups is 2. The fourth-order valence-electron chi connectivity index (χ4n) is 2.35. The van der Waals surface area contributed by atoms with Crippen LogP contribution in [0.4, 0.5) is 0 Å². The minimum absolute atomic E-state index is 0.0288. The molecule has 0 fully saturated rings. The summed E-state index contributed by atoms with van der Waals surface area (Å²) in [5.41, 5.74) is 1.97. The summed E-state index contributed by atoms with van der Waals surface area (Å²) in [5.74, 6) is 0.466. The molecule has 0 bridgehead atoms. The van der Waals surface area contributed by atoms with Crippen LogP contribution in [0.1, 0.15) is 21.9 Å². The number of aryl methyl sites for hydroxylation is 1. The third-order valence-electron chi connectivity index (χ3n) is 3.56. The minimum Gasteiger partial charge on any atom is -0.355 e. The first-order valence-electron chi connectivity index (χ1n) is 7.85. The summed E-state index contributed by atoms with van der Waals surface area (Å²) in [4.78, 5) is 32.0. The third kappa shape index (κ3) is 4.90. The van der Waals surface area contributed by atoms with Gasteiger partial charge in [-0.15, -0.1) is 11.3 Å². The van der Waals surface area contributed by atoms with Gasteiger partial charge < -0.3 is 15.6 Å². The summed E-state index contributed by atoms with van der Waals surface area (Å²) in [5, 5.41) is 5.41. The maximum Gasteiger partial charge on any atom is 0.261 e. The average Bonchev–Trinajstić information content (AvgIpc) is 3.22. The van der Waals surface area contributed by atoms with E-state index in [1.165, 1.54) is 11.3 Å². The molecule has 25 heavy (non-hydrogen) atoms. The molecule has 0 aliphatic carbocycles. The lowest BCUT2D eigenvalue weighted by atomic mass is 10.3. The maximum absolute atomic E-state index is 11.8. The highest BCUT2D eigenvalue weighted by Crippen LogP contribution is 2.21. The Morgan fingerprint density at radius 2 is 2.00 bits per heavy atom. The van der Waals surface area contributed by atoms with Crippen molar-refractivity contribution in [2.75, 3.05) is 13.1 Å². The van der Waals surface area contributed by atoms with E-state index in [0.29, 0.717) is 11.4 Å². The Kier molecular flexibility index (Phi) is 5.83. The smallest absolute Gasteiger partial charge is 0.261 e. The van der Waals surface area contributed by atoms with Crippen molar-refractivity contribution in [1.29, 1.82) is 0 Å². The summed E-state index contributed by atoms with van der Waals surface area (Å²) in [6.45, 7) is 0.509. The van der Waals surface area contributed by atoms with Crippen molar-refractivity contribution in [3.8, 4) is 0 Å². The molecular weight excluding hydrogens is 404 g/mol. The van der Waals surface area contributed by atoms with Crippen LogP contribution in [0.5, 0.6) is 0 Å². The van der Waals surface area contributed by atoms with Crippen molar-refractivity contribution in [3.63, 3.8) is 0 Å². The van der Waals surface area contributed by atoms with Gasteiger partial charge in [0.05, 0.1) is 26.2 Å². The highest BCUT2D eigenvalue weighted by molar-refractivity contribution is 9.11. The average molecular weight is 421 g/mol. The molecule has 0 saturated heterocycles. The first-order chi connectivity index (χ1) is 12.1. The topological polar surface area (TPSA) is 86.9 Å². The predicted octanol–water partition coefficient (Wildman–Crippen LogP) is 2.87. The third-order valence-corrected chi connectivity index (χ3v) is 5.18. The number of hydrogen-bond acceptors (Lipinski definition) is 4. The lowest BCUT2D eigenvalue weighted by Gasteiger charge is -2.05. The lowest BCUT2D eigenvalue weighted by Crippen LogP contribution is -2.37. The largest absolute Gasteiger partial charge is 0.355 e. The summed E-state index contributed by atoms with van der Waals surface area (Å²) < 4.78 is 0.882. The highest BCUT2D eigenvalue weighted by Gasteiger charge is 2.10. The Labute approximate surface area is 157 Å². The molecule has 3 rings (SSSR count). The molecule has 0 atom stereocenters. The van der Waals surface area contributed by atoms with Gasteiger partial charge in [0.2, 0.25) is 5.91 Å². The number of fused-ring (bicyclic) bond motifs is 1. The molecule has 0 aliphatic heterocycles. The number of para-hydroxylation sites is 2. The zero-order valence-corrected chi connectivity index (χ0v) is 15.7. The standard InChI is InChI=1S/C17H17BrN4O2S/c18-14-8-7-13(25-14)17(24)20-10-16(23)19-9-3-6-15-21-11-4-1-2-5-12(11)22-15/h1-2,4-5,7-8H,3,6,9-10H2,(H,19,23)(H,20,24)(H,21,22). The summed E-state index contributed by atoms with van der Waals surface area (Å²) in [6.07, 6.45) is 1.53. The Balaban J connectivity index is 1.35. The van der Waals surface area contributed by atoms with Crippen LogP contribution in [0.3, 0.4) is 0 Å². The summed E-state index contributed by atoms with van der Waals surface area (Å²) >= 11 is 4.64. The number of thiophene rings is 1. The van der Waals surface area contributed by atoms with Crippen LogP contribution >= 0.6 is 27.3 Å². The number of imidazole rings is 1. The number of nitrogens with zero attached hydrogens (tertiary/aromatic N) is 1. The second kappa shape index (κ2) is 8.26. The number of hydrogen-bond donors (Lipinski definition) is 3. The van der Waals surface area contributed by atoms with Gasteiger partial charge in [0.15, 0.2) is 0 Å². The molecule has 2 amide bonds. The van der Waals surface area contributed by atoms with E-state index < -0.39 is 0 Å². The van der Waals surface area contributed by atoms with E-state index in [1.807, 2.05) is 24.3 Å². The number of aromatic amines is 1. The van der Waals surface area contributed by atoms with Gasteiger partial charge in [-0.05, 0) is 46.6 Å². The van der Waals surface area contributed by atoms with Gasteiger partial charge in [-0.1, -0.05) is 12.1 Å². The van der Waals surface area contributed by atoms with Crippen LogP contribution in [0.25, 0.3) is 11.0 Å². The van der Waals surface area contributed by atoms with Crippen molar-refractivity contribution in [2.45, 2.75) is 12.8 Å². The van der Waals surface area contributed by atoms with Crippen molar-refractivity contribution < 1.29 is 9.59 Å². The van der Waals surface area contributed by atoms with Gasteiger partial charge in [0.25, 0.3) is 5.91 Å². The zero-order valence-electron chi connectivity index (χ0n) is 13.3. The number of carbonyl (C=O) groups excluding carboxylic acids is 2. The van der Waals surface area contributed by atoms with Gasteiger partial charge in [0, 0.05) is 13.0 Å². The summed E-state index contributed by atoms with van der Waals surface area (Å²) in [6, 6.07) is 11.4. The van der Waals surface area contributed by atoms with Crippen LogP contribution in [0.2, 0.25) is 0 Å². The molecule has 0 radical (unpaired) electrons. The summed E-state index contributed by atoms with van der Waals surface area (Å²) in [7, 11) is 0. The van der Waals surface area contributed by atoms with E-state index in [9.17, 15) is 9.59 Å². The van der Waals surface area contributed by atoms with Crippen molar-refractivity contribution >= 4 is 50.1 Å². The number of nitrogens with one attached hydrogen (secondary N) is 3. The van der Waals surface area contributed by atoms with Crippen molar-refractivity contribution in [2.24, 2.45) is 0 Å². The van der Waals surface area contributed by atoms with Crippen molar-refractivity contribution in [1.82, 2.24) is 20.6 Å². The highest BCUT2D eigenvalue weighted by atomic mass is 79.9. The predicted molar refractivity (Wildman–Crippen MR) is 102 cm³/mol. The fraction of sp³-hybridized carbons (Fsp3) is 0.235. The molecule has 2 aromatic heterocycles. The zero-order chi connectivity index (χ0) is 17.6. The number of rotatable bonds is 7. The van der Waals surface area contributed by atoms with Crippen molar-refractivity contribution in [3.05, 3.63) is 50.9 Å². The molecule has 0 spiro atoms. The van der Waals surface area contributed by atoms with Gasteiger partial charge in [0.1, 0.15) is 5.82 Å². The van der Waals surface area contributed by atoms with E-state index in [1.54, 1.807) is 12.1 Å². The Morgan fingerprint density at radius 3 is 2.76 bits per heavy atom. The first-order valence-corrected chi connectivity index (χ1v) is 9.46. The normalized spacial score (nSPS) is 10.8. The number of amides is 2. The Bertz CT molecular complexity index is 857. The van der Waals surface area contributed by atoms with E-state index >= 15 is 0 Å². The van der Waals surface area contributed by atoms with Crippen LogP contribution in [0, 0.1) is 0 Å². The van der Waals surface area contributed by atoms with E-state index in [0.717, 1.165) is 33.5 Å². The van der Waals surface area contributed by atoms with Crippen LogP contribution in [0.15, 0.2) is 40.2 Å². The van der Waals surface area contributed by atoms with E-state index in [4.69, 9.17) is 0 Å². The van der Waals surface area contributed by atoms with Crippen LogP contribution in [-0.2, 0) is 11.2 Å². The SMILES string of the molecule is O=C(CNC(=O)c1ccc(Br)s1)NCCCc1nc2ccccc2[nH]1. The first kappa shape index (κ1) is 17.6. The molecule has 0 saturated carbocycles. The lowest BCUT2D eigenvalue weighted by molar-refractivity contribution is -0.120. The molecule has 0 unspecified atom stereocenters. The fourth-order valence-corrected chi connectivity index (χ4v) is 3.66. The van der Waals surface area contributed by atoms with E-state index in [-0.39, 0.29) is 18.4 Å². The van der Waals surface area contributed by atoms with Gasteiger partial charge >= 0.3 is 0 Å². The molecule has 0 aliphatic rings. The second-order valence-electron chi connectivity index (χ2n) is 5.44. The molecule has 3 N–H and O–H groups in total. The van der Waals surface area contributed by atoms with E-state index in [2.05, 4.69) is 36.5 Å². The number of halogens is 1. The molecule has 8 heteroatoms. The van der Waals surface area contributed by atoms with Gasteiger partial charge in [-0.3, -0.25) is 9.59 Å². The molecule has 1 aromatic carbocycles. The van der Waals surface area contributed by atoms with Crippen LogP contribution < -0.4 is 10.6 Å². The molecule has 6 nitrogen and oxygen atoms in total.